The monoisotopic (exact) mass is 636 g/mol. The molecular weight excluding hydrogens is 612 g/mol. The van der Waals surface area contributed by atoms with Crippen LogP contribution in [0.2, 0.25) is 0 Å². The predicted octanol–water partition coefficient (Wildman–Crippen LogP) is 2.94. The lowest BCUT2D eigenvalue weighted by Gasteiger charge is -2.14. The molecule has 0 fully saturated rings. The van der Waals surface area contributed by atoms with Gasteiger partial charge in [0, 0.05) is 25.9 Å². The van der Waals surface area contributed by atoms with Crippen LogP contribution in [0.3, 0.4) is 0 Å². The van der Waals surface area contributed by atoms with Crippen LogP contribution in [0.4, 0.5) is 18.9 Å². The molecule has 0 aromatic heterocycles. The number of anilines is 1. The van der Waals surface area contributed by atoms with E-state index in [1.807, 2.05) is 22.6 Å². The molecule has 0 radical (unpaired) electrons. The summed E-state index contributed by atoms with van der Waals surface area (Å²) in [5.74, 6) is -2.00. The topological polar surface area (TPSA) is 127 Å². The Bertz CT molecular complexity index is 1140. The number of hydrazone groups is 1. The van der Waals surface area contributed by atoms with E-state index < -0.39 is 36.1 Å². The van der Waals surface area contributed by atoms with E-state index in [1.165, 1.54) is 38.6 Å². The maximum absolute atomic E-state index is 12.9. The van der Waals surface area contributed by atoms with Crippen molar-refractivity contribution in [2.24, 2.45) is 5.10 Å². The van der Waals surface area contributed by atoms with Crippen molar-refractivity contribution in [1.29, 1.82) is 0 Å². The zero-order valence-electron chi connectivity index (χ0n) is 19.8. The lowest BCUT2D eigenvalue weighted by Crippen LogP contribution is -2.38. The van der Waals surface area contributed by atoms with Gasteiger partial charge < -0.3 is 24.8 Å². The third-order valence-corrected chi connectivity index (χ3v) is 5.27. The van der Waals surface area contributed by atoms with E-state index in [9.17, 15) is 27.6 Å². The summed E-state index contributed by atoms with van der Waals surface area (Å²) in [4.78, 5) is 35.7. The predicted molar refractivity (Wildman–Crippen MR) is 137 cm³/mol. The van der Waals surface area contributed by atoms with Gasteiger partial charge in [-0.3, -0.25) is 14.4 Å². The molecule has 2 aromatic carbocycles. The van der Waals surface area contributed by atoms with E-state index in [2.05, 4.69) is 21.2 Å². The van der Waals surface area contributed by atoms with Gasteiger partial charge in [0.2, 0.25) is 0 Å². The Morgan fingerprint density at radius 2 is 1.86 bits per heavy atom. The lowest BCUT2D eigenvalue weighted by molar-refractivity contribution is -0.139. The number of hydrogen-bond acceptors (Lipinski definition) is 7. The zero-order valence-corrected chi connectivity index (χ0v) is 21.9. The minimum absolute atomic E-state index is 0.0256. The molecule has 14 heteroatoms. The van der Waals surface area contributed by atoms with E-state index in [4.69, 9.17) is 14.2 Å². The van der Waals surface area contributed by atoms with Crippen molar-refractivity contribution in [1.82, 2.24) is 10.7 Å². The van der Waals surface area contributed by atoms with Crippen LogP contribution in [-0.2, 0) is 25.3 Å². The van der Waals surface area contributed by atoms with Gasteiger partial charge >= 0.3 is 18.0 Å². The first-order valence-electron chi connectivity index (χ1n) is 10.6. The molecule has 0 heterocycles. The Morgan fingerprint density at radius 1 is 1.11 bits per heavy atom. The molecule has 3 amide bonds. The average molecular weight is 636 g/mol. The summed E-state index contributed by atoms with van der Waals surface area (Å²) in [6.45, 7) is 0.227. The molecule has 0 aliphatic carbocycles. The summed E-state index contributed by atoms with van der Waals surface area (Å²) in [7, 11) is 2.90. The van der Waals surface area contributed by atoms with Gasteiger partial charge in [0.1, 0.15) is 0 Å². The Labute approximate surface area is 224 Å². The molecule has 0 atom stereocenters. The van der Waals surface area contributed by atoms with Gasteiger partial charge in [0.15, 0.2) is 18.1 Å². The minimum Gasteiger partial charge on any atom is -0.493 e. The van der Waals surface area contributed by atoms with Crippen LogP contribution < -0.4 is 25.5 Å². The Balaban J connectivity index is 1.96. The number of rotatable bonds is 11. The quantitative estimate of drug-likeness (QED) is 0.115. The minimum atomic E-state index is -4.54. The van der Waals surface area contributed by atoms with Gasteiger partial charge in [0.05, 0.1) is 22.5 Å². The number of benzene rings is 2. The number of ether oxygens (including phenoxy) is 3. The zero-order chi connectivity index (χ0) is 27.4. The highest BCUT2D eigenvalue weighted by Gasteiger charge is 2.30. The summed E-state index contributed by atoms with van der Waals surface area (Å²) in [6, 6.07) is 7.36. The highest BCUT2D eigenvalue weighted by atomic mass is 127. The Morgan fingerprint density at radius 3 is 2.54 bits per heavy atom. The largest absolute Gasteiger partial charge is 0.493 e. The third kappa shape index (κ3) is 9.87. The van der Waals surface area contributed by atoms with Crippen LogP contribution in [-0.4, -0.2) is 57.9 Å². The van der Waals surface area contributed by atoms with Crippen LogP contribution in [0.25, 0.3) is 0 Å². The molecule has 200 valence electrons. The first-order chi connectivity index (χ1) is 17.5. The van der Waals surface area contributed by atoms with Gasteiger partial charge in [0.25, 0.3) is 5.91 Å². The number of methoxy groups -OCH3 is 2. The molecule has 2 rings (SSSR count). The molecular formula is C23H24F3IN4O6. The van der Waals surface area contributed by atoms with Crippen molar-refractivity contribution in [2.75, 3.05) is 39.3 Å². The van der Waals surface area contributed by atoms with E-state index in [1.54, 1.807) is 6.07 Å². The number of halogens is 4. The van der Waals surface area contributed by atoms with E-state index in [-0.39, 0.29) is 23.7 Å². The maximum Gasteiger partial charge on any atom is 0.416 e. The first-order valence-corrected chi connectivity index (χ1v) is 11.7. The summed E-state index contributed by atoms with van der Waals surface area (Å²) in [5, 5.41) is 8.52. The fraction of sp³-hybridized carbons (Fsp3) is 0.304. The fourth-order valence-electron chi connectivity index (χ4n) is 2.78. The summed E-state index contributed by atoms with van der Waals surface area (Å²) >= 11 is 1.93. The molecule has 10 nitrogen and oxygen atoms in total. The van der Waals surface area contributed by atoms with Crippen molar-refractivity contribution < 1.29 is 41.8 Å². The number of alkyl halides is 3. The SMILES string of the molecule is COCCCNC(=O)C(=O)N/N=C/c1cc(I)c(OCC(=O)Nc2cccc(C(F)(F)F)c2)c(OC)c1. The maximum atomic E-state index is 12.9. The molecule has 0 aliphatic rings. The number of amides is 3. The lowest BCUT2D eigenvalue weighted by atomic mass is 10.2. The normalized spacial score (nSPS) is 11.2. The van der Waals surface area contributed by atoms with Crippen molar-refractivity contribution in [3.8, 4) is 11.5 Å². The number of carbonyl (C=O) groups excluding carboxylic acids is 3. The second kappa shape index (κ2) is 14.4. The van der Waals surface area contributed by atoms with E-state index in [0.717, 1.165) is 12.1 Å². The fourth-order valence-corrected chi connectivity index (χ4v) is 3.56. The first kappa shape index (κ1) is 29.8. The van der Waals surface area contributed by atoms with Gasteiger partial charge in [-0.1, -0.05) is 6.07 Å². The summed E-state index contributed by atoms with van der Waals surface area (Å²) in [6.07, 6.45) is -2.70. The average Bonchev–Trinajstić information content (AvgIpc) is 2.85. The van der Waals surface area contributed by atoms with Gasteiger partial charge in [-0.15, -0.1) is 0 Å². The third-order valence-electron chi connectivity index (χ3n) is 4.47. The highest BCUT2D eigenvalue weighted by Crippen LogP contribution is 2.34. The second-order valence-electron chi connectivity index (χ2n) is 7.25. The van der Waals surface area contributed by atoms with Crippen molar-refractivity contribution >= 4 is 52.2 Å². The van der Waals surface area contributed by atoms with Crippen LogP contribution in [0, 0.1) is 3.57 Å². The highest BCUT2D eigenvalue weighted by molar-refractivity contribution is 14.1. The van der Waals surface area contributed by atoms with Crippen LogP contribution in [0.5, 0.6) is 11.5 Å². The molecule has 0 saturated carbocycles. The molecule has 3 N–H and O–H groups in total. The van der Waals surface area contributed by atoms with Crippen molar-refractivity contribution in [3.05, 3.63) is 51.1 Å². The Kier molecular flexibility index (Phi) is 11.6. The van der Waals surface area contributed by atoms with E-state index >= 15 is 0 Å². The van der Waals surface area contributed by atoms with Crippen molar-refractivity contribution in [3.63, 3.8) is 0 Å². The standard InChI is InChI=1S/C23H24F3IN4O6/c1-35-8-4-7-28-21(33)22(34)31-29-12-14-9-17(27)20(18(10-14)36-2)37-13-19(32)30-16-6-3-5-15(11-16)23(24,25)26/h3,5-6,9-12H,4,7-8,13H2,1-2H3,(H,28,33)(H,30,32)(H,31,34)/b29-12+. The Hall–Kier alpha value is -3.40. The molecule has 0 spiro atoms. The molecule has 2 aromatic rings. The van der Waals surface area contributed by atoms with Crippen LogP contribution in [0.1, 0.15) is 17.5 Å². The molecule has 0 aliphatic heterocycles. The summed E-state index contributed by atoms with van der Waals surface area (Å²) in [5.41, 5.74) is 1.68. The summed E-state index contributed by atoms with van der Waals surface area (Å²) < 4.78 is 54.8. The number of hydrogen-bond donors (Lipinski definition) is 3. The molecule has 37 heavy (non-hydrogen) atoms. The number of carbonyl (C=O) groups is 3. The molecule has 0 bridgehead atoms. The second-order valence-corrected chi connectivity index (χ2v) is 8.41. The van der Waals surface area contributed by atoms with Gasteiger partial charge in [-0.05, 0) is 64.9 Å². The van der Waals surface area contributed by atoms with Crippen LogP contribution >= 0.6 is 22.6 Å². The van der Waals surface area contributed by atoms with Crippen molar-refractivity contribution in [2.45, 2.75) is 12.6 Å². The van der Waals surface area contributed by atoms with Crippen LogP contribution in [0.15, 0.2) is 41.5 Å². The molecule has 0 unspecified atom stereocenters. The molecule has 0 saturated heterocycles. The van der Waals surface area contributed by atoms with E-state index in [0.29, 0.717) is 22.2 Å². The smallest absolute Gasteiger partial charge is 0.416 e. The number of nitrogens with one attached hydrogen (secondary N) is 3. The number of nitrogens with zero attached hydrogens (tertiary/aromatic N) is 1. The van der Waals surface area contributed by atoms with Gasteiger partial charge in [-0.25, -0.2) is 5.43 Å². The van der Waals surface area contributed by atoms with Gasteiger partial charge in [-0.2, -0.15) is 18.3 Å².